The van der Waals surface area contributed by atoms with E-state index in [4.69, 9.17) is 20.4 Å². The zero-order valence-electron chi connectivity index (χ0n) is 24.2. The Morgan fingerprint density at radius 1 is 0.538 bits per heavy atom. The monoisotopic (exact) mass is 554 g/mol. The van der Waals surface area contributed by atoms with Crippen LogP contribution in [0.5, 0.6) is 0 Å². The number of aliphatic carboxylic acids is 4. The van der Waals surface area contributed by atoms with Gasteiger partial charge in [-0.2, -0.15) is 0 Å². The van der Waals surface area contributed by atoms with Gasteiger partial charge in [0.15, 0.2) is 11.8 Å². The van der Waals surface area contributed by atoms with Crippen LogP contribution >= 0.6 is 0 Å². The standard InChI is InChI=1S/C31H54O8/c1-23-17-16-19-24(18-12-8-4-2-6-10-14-21-26(28(32)33)29(34)35)25(23)20-13-9-5-3-7-11-15-22-27(30(36)37)31(38)39/h23-27H,2-22H2,1H3,(H,32,33)(H,34,35)(H,36,37)(H,38,39). The third-order valence-corrected chi connectivity index (χ3v) is 8.86. The Balaban J connectivity index is 2.11. The van der Waals surface area contributed by atoms with Crippen LogP contribution in [0.2, 0.25) is 0 Å². The van der Waals surface area contributed by atoms with Crippen molar-refractivity contribution in [1.82, 2.24) is 0 Å². The molecule has 39 heavy (non-hydrogen) atoms. The Morgan fingerprint density at radius 3 is 1.31 bits per heavy atom. The fourth-order valence-electron chi connectivity index (χ4n) is 6.43. The van der Waals surface area contributed by atoms with Crippen molar-refractivity contribution in [2.45, 2.75) is 142 Å². The molecule has 0 heterocycles. The summed E-state index contributed by atoms with van der Waals surface area (Å²) < 4.78 is 0. The Bertz CT molecular complexity index is 693. The molecule has 3 unspecified atom stereocenters. The smallest absolute Gasteiger partial charge is 0.317 e. The van der Waals surface area contributed by atoms with Crippen LogP contribution in [0.3, 0.4) is 0 Å². The van der Waals surface area contributed by atoms with Crippen LogP contribution in [-0.4, -0.2) is 44.3 Å². The number of carbonyl (C=O) groups is 4. The third kappa shape index (κ3) is 15.3. The van der Waals surface area contributed by atoms with Gasteiger partial charge in [0.2, 0.25) is 0 Å². The second-order valence-corrected chi connectivity index (χ2v) is 11.9. The minimum Gasteiger partial charge on any atom is -0.481 e. The van der Waals surface area contributed by atoms with E-state index in [1.54, 1.807) is 0 Å². The Morgan fingerprint density at radius 2 is 0.897 bits per heavy atom. The van der Waals surface area contributed by atoms with Crippen LogP contribution in [0, 0.1) is 29.6 Å². The first-order valence-electron chi connectivity index (χ1n) is 15.6. The molecule has 8 nitrogen and oxygen atoms in total. The van der Waals surface area contributed by atoms with Crippen molar-refractivity contribution >= 4 is 23.9 Å². The second-order valence-electron chi connectivity index (χ2n) is 11.9. The van der Waals surface area contributed by atoms with Gasteiger partial charge >= 0.3 is 23.9 Å². The van der Waals surface area contributed by atoms with E-state index in [2.05, 4.69) is 6.92 Å². The SMILES string of the molecule is CC1CCCC(CCCCCCCCCC(C(=O)O)C(=O)O)C1CCCCCCCCCC(C(=O)O)C(=O)O. The molecule has 0 aromatic carbocycles. The largest absolute Gasteiger partial charge is 0.481 e. The quantitative estimate of drug-likeness (QED) is 0.0702. The van der Waals surface area contributed by atoms with Gasteiger partial charge in [0.05, 0.1) is 0 Å². The van der Waals surface area contributed by atoms with E-state index in [9.17, 15) is 19.2 Å². The van der Waals surface area contributed by atoms with E-state index >= 15 is 0 Å². The first-order valence-corrected chi connectivity index (χ1v) is 15.6. The van der Waals surface area contributed by atoms with Crippen molar-refractivity contribution in [2.75, 3.05) is 0 Å². The Kier molecular flexibility index (Phi) is 18.6. The maximum atomic E-state index is 10.9. The number of carboxylic acid groups (broad SMARTS) is 4. The summed E-state index contributed by atoms with van der Waals surface area (Å²) in [5, 5.41) is 35.7. The highest BCUT2D eigenvalue weighted by Crippen LogP contribution is 2.40. The predicted molar refractivity (Wildman–Crippen MR) is 151 cm³/mol. The minimum atomic E-state index is -1.27. The molecule has 0 aliphatic heterocycles. The highest BCUT2D eigenvalue weighted by Gasteiger charge is 2.29. The van der Waals surface area contributed by atoms with E-state index < -0.39 is 35.7 Å². The molecule has 0 aromatic rings. The molecule has 8 heteroatoms. The second kappa shape index (κ2) is 20.7. The summed E-state index contributed by atoms with van der Waals surface area (Å²) in [5.74, 6) is -5.01. The van der Waals surface area contributed by atoms with Crippen LogP contribution < -0.4 is 0 Å². The zero-order valence-corrected chi connectivity index (χ0v) is 24.2. The number of hydrogen-bond acceptors (Lipinski definition) is 4. The van der Waals surface area contributed by atoms with Crippen molar-refractivity contribution in [2.24, 2.45) is 29.6 Å². The Hall–Kier alpha value is -2.12. The molecule has 0 saturated heterocycles. The lowest BCUT2D eigenvalue weighted by molar-refractivity contribution is -0.156. The molecule has 1 fully saturated rings. The molecule has 3 atom stereocenters. The lowest BCUT2D eigenvalue weighted by atomic mass is 9.69. The fraction of sp³-hybridized carbons (Fsp3) is 0.871. The van der Waals surface area contributed by atoms with E-state index in [1.807, 2.05) is 0 Å². The topological polar surface area (TPSA) is 149 Å². The molecule has 1 rings (SSSR count). The summed E-state index contributed by atoms with van der Waals surface area (Å²) in [4.78, 5) is 43.7. The summed E-state index contributed by atoms with van der Waals surface area (Å²) in [5.41, 5.74) is 0. The molecule has 0 aromatic heterocycles. The molecule has 1 saturated carbocycles. The highest BCUT2D eigenvalue weighted by atomic mass is 16.4. The van der Waals surface area contributed by atoms with Crippen LogP contribution in [0.25, 0.3) is 0 Å². The van der Waals surface area contributed by atoms with Gasteiger partial charge in [-0.3, -0.25) is 19.2 Å². The summed E-state index contributed by atoms with van der Waals surface area (Å²) >= 11 is 0. The van der Waals surface area contributed by atoms with Crippen molar-refractivity contribution in [3.8, 4) is 0 Å². The predicted octanol–water partition coefficient (Wildman–Crippen LogP) is 7.63. The van der Waals surface area contributed by atoms with E-state index in [-0.39, 0.29) is 12.8 Å². The van der Waals surface area contributed by atoms with Gasteiger partial charge < -0.3 is 20.4 Å². The van der Waals surface area contributed by atoms with Gasteiger partial charge in [-0.1, -0.05) is 122 Å². The summed E-state index contributed by atoms with van der Waals surface area (Å²) in [6, 6.07) is 0. The number of rotatable bonds is 24. The molecular formula is C31H54O8. The molecule has 0 radical (unpaired) electrons. The van der Waals surface area contributed by atoms with E-state index in [1.165, 1.54) is 70.6 Å². The van der Waals surface area contributed by atoms with Gasteiger partial charge in [0, 0.05) is 0 Å². The van der Waals surface area contributed by atoms with Gasteiger partial charge in [-0.05, 0) is 37.0 Å². The van der Waals surface area contributed by atoms with Gasteiger partial charge in [-0.25, -0.2) is 0 Å². The maximum Gasteiger partial charge on any atom is 0.317 e. The Labute approximate surface area is 235 Å². The average Bonchev–Trinajstić information content (AvgIpc) is 2.86. The van der Waals surface area contributed by atoms with Crippen molar-refractivity contribution in [1.29, 1.82) is 0 Å². The molecule has 1 aliphatic carbocycles. The number of carboxylic acids is 4. The third-order valence-electron chi connectivity index (χ3n) is 8.86. The van der Waals surface area contributed by atoms with E-state index in [0.717, 1.165) is 56.3 Å². The fourth-order valence-corrected chi connectivity index (χ4v) is 6.43. The average molecular weight is 555 g/mol. The highest BCUT2D eigenvalue weighted by molar-refractivity contribution is 5.93. The maximum absolute atomic E-state index is 10.9. The first-order chi connectivity index (χ1) is 18.6. The summed E-state index contributed by atoms with van der Waals surface area (Å²) in [6.45, 7) is 2.43. The van der Waals surface area contributed by atoms with Gasteiger partial charge in [0.25, 0.3) is 0 Å². The summed E-state index contributed by atoms with van der Waals surface area (Å²) in [7, 11) is 0. The van der Waals surface area contributed by atoms with Crippen LogP contribution in [0.15, 0.2) is 0 Å². The molecule has 0 bridgehead atoms. The lowest BCUT2D eigenvalue weighted by Gasteiger charge is -2.37. The number of hydrogen-bond donors (Lipinski definition) is 4. The molecule has 0 spiro atoms. The van der Waals surface area contributed by atoms with E-state index in [0.29, 0.717) is 12.8 Å². The zero-order chi connectivity index (χ0) is 29.0. The van der Waals surface area contributed by atoms with Crippen LogP contribution in [0.1, 0.15) is 142 Å². The molecule has 226 valence electrons. The normalized spacial score (nSPS) is 19.4. The first kappa shape index (κ1) is 34.9. The van der Waals surface area contributed by atoms with Crippen molar-refractivity contribution in [3.05, 3.63) is 0 Å². The number of unbranched alkanes of at least 4 members (excludes halogenated alkanes) is 12. The lowest BCUT2D eigenvalue weighted by Crippen LogP contribution is -2.26. The molecular weight excluding hydrogens is 500 g/mol. The minimum absolute atomic E-state index is 0.217. The summed E-state index contributed by atoms with van der Waals surface area (Å²) in [6.07, 6.45) is 22.0. The molecule has 0 amide bonds. The van der Waals surface area contributed by atoms with Crippen molar-refractivity contribution < 1.29 is 39.6 Å². The molecule has 4 N–H and O–H groups in total. The van der Waals surface area contributed by atoms with Crippen LogP contribution in [-0.2, 0) is 19.2 Å². The molecule has 1 aliphatic rings. The van der Waals surface area contributed by atoms with Gasteiger partial charge in [-0.15, -0.1) is 0 Å². The van der Waals surface area contributed by atoms with Crippen molar-refractivity contribution in [3.63, 3.8) is 0 Å². The van der Waals surface area contributed by atoms with Gasteiger partial charge in [0.1, 0.15) is 0 Å². The van der Waals surface area contributed by atoms with Crippen LogP contribution in [0.4, 0.5) is 0 Å².